The first-order valence-corrected chi connectivity index (χ1v) is 11.4. The maximum absolute atomic E-state index is 12.9. The van der Waals surface area contributed by atoms with E-state index in [1.54, 1.807) is 7.05 Å². The molecular weight excluding hydrogens is 422 g/mol. The van der Waals surface area contributed by atoms with Crippen molar-refractivity contribution < 1.29 is 22.4 Å². The quantitative estimate of drug-likeness (QED) is 0.511. The summed E-state index contributed by atoms with van der Waals surface area (Å²) in [6.07, 6.45) is 2.80. The van der Waals surface area contributed by atoms with E-state index in [-0.39, 0.29) is 23.4 Å². The van der Waals surface area contributed by atoms with E-state index in [1.165, 1.54) is 10.8 Å². The molecule has 10 nitrogen and oxygen atoms in total. The number of furan rings is 1. The smallest absolute Gasteiger partial charge is 0.322 e. The Morgan fingerprint density at radius 1 is 1.32 bits per heavy atom. The second-order valence-corrected chi connectivity index (χ2v) is 9.79. The molecule has 3 amide bonds. The van der Waals surface area contributed by atoms with Gasteiger partial charge in [0.1, 0.15) is 11.1 Å². The number of nitrogens with zero attached hydrogens (tertiary/aromatic N) is 2. The Labute approximate surface area is 178 Å². The summed E-state index contributed by atoms with van der Waals surface area (Å²) in [4.78, 5) is 27.8. The maximum atomic E-state index is 12.9. The molecular formula is C20H21N5O5S. The largest absolute Gasteiger partial charge is 0.453 e. The molecule has 2 aliphatic rings. The van der Waals surface area contributed by atoms with E-state index in [1.807, 2.05) is 30.3 Å². The summed E-state index contributed by atoms with van der Waals surface area (Å²) < 4.78 is 35.7. The molecule has 1 saturated carbocycles. The minimum absolute atomic E-state index is 0.0163. The molecule has 3 heterocycles. The van der Waals surface area contributed by atoms with Crippen molar-refractivity contribution in [2.45, 2.75) is 29.8 Å². The fourth-order valence-electron chi connectivity index (χ4n) is 4.44. The predicted octanol–water partition coefficient (Wildman–Crippen LogP) is 1.49. The summed E-state index contributed by atoms with van der Waals surface area (Å²) in [5, 5.41) is 5.85. The number of urea groups is 1. The number of hydrogen-bond acceptors (Lipinski definition) is 6. The van der Waals surface area contributed by atoms with Crippen LogP contribution in [0.4, 0.5) is 4.79 Å². The number of carbonyl (C=O) groups excluding carboxylic acids is 2. The number of sulfonamides is 1. The van der Waals surface area contributed by atoms with Gasteiger partial charge in [0.2, 0.25) is 0 Å². The molecule has 2 fully saturated rings. The van der Waals surface area contributed by atoms with Crippen LogP contribution in [0.2, 0.25) is 0 Å². The highest BCUT2D eigenvalue weighted by molar-refractivity contribution is 7.89. The van der Waals surface area contributed by atoms with E-state index >= 15 is 0 Å². The number of hydrogen-bond donors (Lipinski definition) is 3. The summed E-state index contributed by atoms with van der Waals surface area (Å²) in [5.74, 6) is 0.472. The highest BCUT2D eigenvalue weighted by Gasteiger charge is 2.50. The number of aromatic nitrogens is 2. The van der Waals surface area contributed by atoms with E-state index in [0.29, 0.717) is 36.4 Å². The van der Waals surface area contributed by atoms with Gasteiger partial charge in [-0.2, -0.15) is 0 Å². The van der Waals surface area contributed by atoms with Crippen molar-refractivity contribution >= 4 is 32.9 Å². The van der Waals surface area contributed by atoms with Crippen LogP contribution in [0, 0.1) is 5.92 Å². The highest BCUT2D eigenvalue weighted by atomic mass is 32.2. The van der Waals surface area contributed by atoms with E-state index < -0.39 is 21.6 Å². The topological polar surface area (TPSA) is 135 Å². The Morgan fingerprint density at radius 2 is 2.13 bits per heavy atom. The number of imide groups is 1. The normalized spacial score (nSPS) is 23.6. The molecule has 31 heavy (non-hydrogen) atoms. The number of carbonyl (C=O) groups is 2. The van der Waals surface area contributed by atoms with Crippen molar-refractivity contribution in [2.75, 3.05) is 6.54 Å². The standard InChI is InChI=1S/C20H21N5O5S/c1-25-16(11-21-17(25)15-8-13-4-2-3-5-14(13)30-15)31(28,29)22-10-12-6-7-20(9-12)18(26)23-19(27)24-20/h2-5,8,11-12,22H,6-7,9-10H2,1H3,(H2,23,24,26,27). The van der Waals surface area contributed by atoms with Crippen LogP contribution >= 0.6 is 0 Å². The van der Waals surface area contributed by atoms with Gasteiger partial charge < -0.3 is 14.3 Å². The zero-order chi connectivity index (χ0) is 21.8. The average molecular weight is 443 g/mol. The van der Waals surface area contributed by atoms with Crippen LogP contribution in [0.3, 0.4) is 0 Å². The number of nitrogens with one attached hydrogen (secondary N) is 3. The first-order valence-electron chi connectivity index (χ1n) is 9.91. The van der Waals surface area contributed by atoms with Gasteiger partial charge >= 0.3 is 6.03 Å². The summed E-state index contributed by atoms with van der Waals surface area (Å²) in [6.45, 7) is 0.165. The van der Waals surface area contributed by atoms with Crippen molar-refractivity contribution in [2.24, 2.45) is 13.0 Å². The first kappa shape index (κ1) is 19.8. The van der Waals surface area contributed by atoms with Crippen LogP contribution < -0.4 is 15.4 Å². The maximum Gasteiger partial charge on any atom is 0.322 e. The van der Waals surface area contributed by atoms with Gasteiger partial charge in [-0.3, -0.25) is 10.1 Å². The van der Waals surface area contributed by atoms with Crippen LogP contribution in [-0.2, 0) is 21.9 Å². The van der Waals surface area contributed by atoms with Crippen molar-refractivity contribution in [3.05, 3.63) is 36.5 Å². The minimum atomic E-state index is -3.83. The van der Waals surface area contributed by atoms with E-state index in [4.69, 9.17) is 4.42 Å². The summed E-state index contributed by atoms with van der Waals surface area (Å²) in [5.41, 5.74) is -0.227. The van der Waals surface area contributed by atoms with Crippen LogP contribution in [0.5, 0.6) is 0 Å². The molecule has 1 aromatic carbocycles. The number of amides is 3. The number of rotatable bonds is 5. The lowest BCUT2D eigenvalue weighted by Crippen LogP contribution is -2.44. The van der Waals surface area contributed by atoms with Gasteiger partial charge in [-0.05, 0) is 37.3 Å². The second-order valence-electron chi connectivity index (χ2n) is 8.08. The Kier molecular flexibility index (Phi) is 4.41. The minimum Gasteiger partial charge on any atom is -0.453 e. The van der Waals surface area contributed by atoms with Gasteiger partial charge in [-0.15, -0.1) is 0 Å². The van der Waals surface area contributed by atoms with Crippen molar-refractivity contribution in [1.29, 1.82) is 0 Å². The summed E-state index contributed by atoms with van der Waals surface area (Å²) in [7, 11) is -2.22. The first-order chi connectivity index (χ1) is 14.8. The third-order valence-corrected chi connectivity index (χ3v) is 7.54. The Balaban J connectivity index is 1.31. The monoisotopic (exact) mass is 443 g/mol. The van der Waals surface area contributed by atoms with E-state index in [9.17, 15) is 18.0 Å². The molecule has 0 bridgehead atoms. The molecule has 11 heteroatoms. The fourth-order valence-corrected chi connectivity index (χ4v) is 5.68. The molecule has 2 unspecified atom stereocenters. The molecule has 1 spiro atoms. The predicted molar refractivity (Wildman–Crippen MR) is 110 cm³/mol. The molecule has 1 aliphatic heterocycles. The molecule has 1 saturated heterocycles. The van der Waals surface area contributed by atoms with Gasteiger partial charge in [0.05, 0.1) is 6.20 Å². The molecule has 2 aromatic heterocycles. The van der Waals surface area contributed by atoms with Gasteiger partial charge in [-0.25, -0.2) is 22.9 Å². The van der Waals surface area contributed by atoms with Crippen LogP contribution in [0.1, 0.15) is 19.3 Å². The lowest BCUT2D eigenvalue weighted by Gasteiger charge is -2.19. The van der Waals surface area contributed by atoms with Crippen LogP contribution in [-0.4, -0.2) is 42.0 Å². The Morgan fingerprint density at radius 3 is 2.87 bits per heavy atom. The molecule has 162 valence electrons. The van der Waals surface area contributed by atoms with Crippen molar-refractivity contribution in [1.82, 2.24) is 24.9 Å². The van der Waals surface area contributed by atoms with E-state index in [2.05, 4.69) is 20.3 Å². The average Bonchev–Trinajstić information content (AvgIpc) is 3.47. The lowest BCUT2D eigenvalue weighted by molar-refractivity contribution is -0.123. The summed E-state index contributed by atoms with van der Waals surface area (Å²) >= 11 is 0. The molecule has 3 N–H and O–H groups in total. The highest BCUT2D eigenvalue weighted by Crippen LogP contribution is 2.36. The summed E-state index contributed by atoms with van der Waals surface area (Å²) in [6, 6.07) is 8.82. The molecule has 0 radical (unpaired) electrons. The molecule has 2 atom stereocenters. The number of para-hydroxylation sites is 1. The zero-order valence-electron chi connectivity index (χ0n) is 16.7. The van der Waals surface area contributed by atoms with Gasteiger partial charge in [0, 0.05) is 19.0 Å². The Bertz CT molecular complexity index is 1280. The molecule has 3 aromatic rings. The second kappa shape index (κ2) is 6.92. The van der Waals surface area contributed by atoms with Crippen LogP contribution in [0.25, 0.3) is 22.6 Å². The number of imidazole rings is 1. The molecule has 1 aliphatic carbocycles. The van der Waals surface area contributed by atoms with E-state index in [0.717, 1.165) is 5.39 Å². The Hall–Kier alpha value is -3.18. The SMILES string of the molecule is Cn1c(S(=O)(=O)NCC2CCC3(C2)NC(=O)NC3=O)cnc1-c1cc2ccccc2o1. The lowest BCUT2D eigenvalue weighted by atomic mass is 9.96. The van der Waals surface area contributed by atoms with Gasteiger partial charge in [-0.1, -0.05) is 18.2 Å². The zero-order valence-corrected chi connectivity index (χ0v) is 17.5. The number of benzene rings is 1. The van der Waals surface area contributed by atoms with Gasteiger partial charge in [0.25, 0.3) is 15.9 Å². The third kappa shape index (κ3) is 3.29. The fraction of sp³-hybridized carbons (Fsp3) is 0.350. The van der Waals surface area contributed by atoms with Crippen molar-refractivity contribution in [3.8, 4) is 11.6 Å². The van der Waals surface area contributed by atoms with Crippen LogP contribution in [0.15, 0.2) is 46.0 Å². The number of fused-ring (bicyclic) bond motifs is 1. The van der Waals surface area contributed by atoms with Gasteiger partial charge in [0.15, 0.2) is 16.6 Å². The van der Waals surface area contributed by atoms with Crippen molar-refractivity contribution in [3.63, 3.8) is 0 Å². The molecule has 5 rings (SSSR count). The third-order valence-electron chi connectivity index (χ3n) is 6.06.